The Hall–Kier alpha value is -1.90. The van der Waals surface area contributed by atoms with Gasteiger partial charge in [-0.25, -0.2) is 4.79 Å². The van der Waals surface area contributed by atoms with Crippen molar-refractivity contribution < 1.29 is 14.3 Å². The van der Waals surface area contributed by atoms with Crippen molar-refractivity contribution in [2.45, 2.75) is 33.3 Å². The number of carbonyl (C=O) groups excluding carboxylic acids is 2. The summed E-state index contributed by atoms with van der Waals surface area (Å²) in [5.41, 5.74) is 1.17. The zero-order chi connectivity index (χ0) is 13.5. The quantitative estimate of drug-likeness (QED) is 0.347. The van der Waals surface area contributed by atoms with E-state index in [2.05, 4.69) is 0 Å². The minimum atomic E-state index is -0.548. The van der Waals surface area contributed by atoms with Crippen LogP contribution in [0.4, 0.5) is 0 Å². The number of hydrogen-bond donors (Lipinski definition) is 0. The summed E-state index contributed by atoms with van der Waals surface area (Å²) < 4.78 is 5.03. The summed E-state index contributed by atoms with van der Waals surface area (Å²) in [5, 5.41) is 0. The lowest BCUT2D eigenvalue weighted by Crippen LogP contribution is -2.18. The highest BCUT2D eigenvalue weighted by atomic mass is 16.5. The van der Waals surface area contributed by atoms with E-state index in [-0.39, 0.29) is 17.5 Å². The minimum absolute atomic E-state index is 0.118. The van der Waals surface area contributed by atoms with Crippen molar-refractivity contribution >= 4 is 11.8 Å². The van der Waals surface area contributed by atoms with Crippen LogP contribution in [0.3, 0.4) is 0 Å². The molecule has 0 aliphatic rings. The second-order valence-corrected chi connectivity index (χ2v) is 4.32. The maximum atomic E-state index is 11.7. The number of rotatable bonds is 5. The van der Waals surface area contributed by atoms with Crippen LogP contribution in [0.25, 0.3) is 0 Å². The second-order valence-electron chi connectivity index (χ2n) is 4.32. The molecule has 1 rings (SSSR count). The fourth-order valence-corrected chi connectivity index (χ4v) is 1.48. The van der Waals surface area contributed by atoms with Gasteiger partial charge < -0.3 is 4.74 Å². The number of Topliss-reactive ketones (excluding diaryl/α,β-unsaturated/α-hetero) is 1. The van der Waals surface area contributed by atoms with Crippen LogP contribution in [-0.4, -0.2) is 17.9 Å². The Morgan fingerprint density at radius 1 is 1.22 bits per heavy atom. The Balaban J connectivity index is 2.79. The molecule has 0 N–H and O–H groups in total. The van der Waals surface area contributed by atoms with E-state index in [0.29, 0.717) is 6.42 Å². The summed E-state index contributed by atoms with van der Waals surface area (Å²) in [4.78, 5) is 23.1. The topological polar surface area (TPSA) is 43.4 Å². The van der Waals surface area contributed by atoms with Gasteiger partial charge in [0.1, 0.15) is 0 Å². The van der Waals surface area contributed by atoms with E-state index in [4.69, 9.17) is 4.74 Å². The fraction of sp³-hybridized carbons (Fsp3) is 0.333. The monoisotopic (exact) mass is 246 g/mol. The van der Waals surface area contributed by atoms with Gasteiger partial charge in [-0.3, -0.25) is 4.79 Å². The summed E-state index contributed by atoms with van der Waals surface area (Å²) in [6, 6.07) is 9.66. The molecule has 0 aliphatic heterocycles. The third-order valence-corrected chi connectivity index (χ3v) is 2.33. The molecule has 3 heteroatoms. The predicted octanol–water partition coefficient (Wildman–Crippen LogP) is 2.70. The summed E-state index contributed by atoms with van der Waals surface area (Å²) >= 11 is 0. The molecule has 0 bridgehead atoms. The van der Waals surface area contributed by atoms with Crippen LogP contribution in [0.2, 0.25) is 0 Å². The molecule has 18 heavy (non-hydrogen) atoms. The van der Waals surface area contributed by atoms with Crippen LogP contribution in [0, 0.1) is 0 Å². The molecule has 0 amide bonds. The zero-order valence-corrected chi connectivity index (χ0v) is 11.0. The van der Waals surface area contributed by atoms with Crippen LogP contribution in [-0.2, 0) is 20.7 Å². The van der Waals surface area contributed by atoms with E-state index in [1.807, 2.05) is 30.3 Å². The van der Waals surface area contributed by atoms with E-state index in [1.165, 1.54) is 6.92 Å². The molecular weight excluding hydrogens is 228 g/mol. The zero-order valence-electron chi connectivity index (χ0n) is 11.0. The number of allylic oxidation sites excluding steroid dienone is 1. The summed E-state index contributed by atoms with van der Waals surface area (Å²) in [6.45, 7) is 4.89. The Morgan fingerprint density at radius 2 is 1.83 bits per heavy atom. The number of carbonyl (C=O) groups is 2. The van der Waals surface area contributed by atoms with Crippen molar-refractivity contribution in [3.05, 3.63) is 47.5 Å². The van der Waals surface area contributed by atoms with Crippen LogP contribution >= 0.6 is 0 Å². The smallest absolute Gasteiger partial charge is 0.341 e. The van der Waals surface area contributed by atoms with Crippen molar-refractivity contribution in [1.82, 2.24) is 0 Å². The molecule has 0 heterocycles. The number of ketones is 1. The molecule has 96 valence electrons. The maximum Gasteiger partial charge on any atom is 0.341 e. The molecule has 0 aromatic heterocycles. The molecule has 0 aliphatic carbocycles. The van der Waals surface area contributed by atoms with Crippen molar-refractivity contribution in [3.8, 4) is 0 Å². The van der Waals surface area contributed by atoms with Crippen LogP contribution in [0.1, 0.15) is 26.3 Å². The number of esters is 1. The standard InChI is InChI=1S/C15H18O3/c1-11(2)18-15(17)14(12(3)16)10-9-13-7-5-4-6-8-13/h4-8,10-11H,9H2,1-3H3. The van der Waals surface area contributed by atoms with Gasteiger partial charge in [-0.05, 0) is 32.8 Å². The van der Waals surface area contributed by atoms with Crippen molar-refractivity contribution in [2.75, 3.05) is 0 Å². The van der Waals surface area contributed by atoms with Gasteiger partial charge in [-0.15, -0.1) is 0 Å². The summed E-state index contributed by atoms with van der Waals surface area (Å²) in [5.74, 6) is -0.815. The van der Waals surface area contributed by atoms with E-state index in [9.17, 15) is 9.59 Å². The molecule has 0 fully saturated rings. The first-order valence-electron chi connectivity index (χ1n) is 5.96. The predicted molar refractivity (Wildman–Crippen MR) is 70.1 cm³/mol. The number of hydrogen-bond acceptors (Lipinski definition) is 3. The van der Waals surface area contributed by atoms with E-state index in [1.54, 1.807) is 19.9 Å². The first-order valence-corrected chi connectivity index (χ1v) is 5.96. The van der Waals surface area contributed by atoms with Gasteiger partial charge in [0.15, 0.2) is 5.78 Å². The first-order chi connectivity index (χ1) is 8.50. The molecule has 0 spiro atoms. The molecule has 1 aromatic carbocycles. The van der Waals surface area contributed by atoms with Crippen LogP contribution in [0.15, 0.2) is 42.0 Å². The highest BCUT2D eigenvalue weighted by Crippen LogP contribution is 2.07. The fourth-order valence-electron chi connectivity index (χ4n) is 1.48. The highest BCUT2D eigenvalue weighted by Gasteiger charge is 2.16. The highest BCUT2D eigenvalue weighted by molar-refractivity contribution is 6.16. The molecule has 3 nitrogen and oxygen atoms in total. The number of ether oxygens (including phenoxy) is 1. The number of benzene rings is 1. The van der Waals surface area contributed by atoms with Gasteiger partial charge in [-0.1, -0.05) is 36.4 Å². The van der Waals surface area contributed by atoms with Crippen molar-refractivity contribution in [2.24, 2.45) is 0 Å². The Labute approximate surface area is 107 Å². The van der Waals surface area contributed by atoms with Gasteiger partial charge in [0.25, 0.3) is 0 Å². The Kier molecular flexibility index (Phi) is 5.31. The van der Waals surface area contributed by atoms with Gasteiger partial charge in [0, 0.05) is 0 Å². The second kappa shape index (κ2) is 6.74. The molecule has 0 atom stereocenters. The van der Waals surface area contributed by atoms with E-state index in [0.717, 1.165) is 5.56 Å². The van der Waals surface area contributed by atoms with Crippen molar-refractivity contribution in [3.63, 3.8) is 0 Å². The largest absolute Gasteiger partial charge is 0.459 e. The molecule has 0 unspecified atom stereocenters. The lowest BCUT2D eigenvalue weighted by Gasteiger charge is -2.08. The van der Waals surface area contributed by atoms with Gasteiger partial charge in [0.2, 0.25) is 0 Å². The lowest BCUT2D eigenvalue weighted by atomic mass is 10.1. The summed E-state index contributed by atoms with van der Waals surface area (Å²) in [6.07, 6.45) is 1.95. The third kappa shape index (κ3) is 4.53. The van der Waals surface area contributed by atoms with E-state index < -0.39 is 5.97 Å². The molecular formula is C15H18O3. The summed E-state index contributed by atoms with van der Waals surface area (Å²) in [7, 11) is 0. The maximum absolute atomic E-state index is 11.7. The molecule has 1 aromatic rings. The minimum Gasteiger partial charge on any atom is -0.459 e. The van der Waals surface area contributed by atoms with Crippen LogP contribution in [0.5, 0.6) is 0 Å². The van der Waals surface area contributed by atoms with Crippen molar-refractivity contribution in [1.29, 1.82) is 0 Å². The van der Waals surface area contributed by atoms with E-state index >= 15 is 0 Å². The molecule has 0 radical (unpaired) electrons. The van der Waals surface area contributed by atoms with Gasteiger partial charge >= 0.3 is 5.97 Å². The first kappa shape index (κ1) is 14.2. The SMILES string of the molecule is CC(=O)C(=CCc1ccccc1)C(=O)OC(C)C. The normalized spacial score (nSPS) is 11.4. The van der Waals surface area contributed by atoms with Crippen LogP contribution < -0.4 is 0 Å². The average molecular weight is 246 g/mol. The van der Waals surface area contributed by atoms with Gasteiger partial charge in [0.05, 0.1) is 11.7 Å². The molecule has 0 saturated heterocycles. The average Bonchev–Trinajstić information content (AvgIpc) is 2.29. The lowest BCUT2D eigenvalue weighted by molar-refractivity contribution is -0.143. The Bertz CT molecular complexity index is 444. The third-order valence-electron chi connectivity index (χ3n) is 2.33. The van der Waals surface area contributed by atoms with Gasteiger partial charge in [-0.2, -0.15) is 0 Å². The Morgan fingerprint density at radius 3 is 2.33 bits per heavy atom. The molecule has 0 saturated carbocycles.